The molecule has 12 heteroatoms. The van der Waals surface area contributed by atoms with Gasteiger partial charge in [0.1, 0.15) is 11.7 Å². The van der Waals surface area contributed by atoms with Crippen LogP contribution in [0.15, 0.2) is 5.10 Å². The van der Waals surface area contributed by atoms with Crippen molar-refractivity contribution in [3.8, 4) is 0 Å². The normalized spacial score (nSPS) is 49.6. The van der Waals surface area contributed by atoms with Crippen LogP contribution in [0.25, 0.3) is 0 Å². The molecule has 42 heavy (non-hydrogen) atoms. The first-order chi connectivity index (χ1) is 19.4. The van der Waals surface area contributed by atoms with Gasteiger partial charge in [0, 0.05) is 36.6 Å². The molecule has 7 N–H and O–H groups in total. The molecule has 12 nitrogen and oxygen atoms in total. The number of methoxy groups -OCH3 is 1. The zero-order valence-corrected chi connectivity index (χ0v) is 27.5. The molecule has 0 amide bonds. The largest absolute Gasteiger partial charge is 0.392 e. The third-order valence-electron chi connectivity index (χ3n) is 9.86. The van der Waals surface area contributed by atoms with Gasteiger partial charge in [-0.3, -0.25) is 0 Å². The summed E-state index contributed by atoms with van der Waals surface area (Å²) in [5.41, 5.74) is -2.40. The highest BCUT2D eigenvalue weighted by Crippen LogP contribution is 2.39. The molecule has 2 heterocycles. The molecule has 0 radical (unpaired) electrons. The predicted molar refractivity (Wildman–Crippen MR) is 159 cm³/mol. The molecule has 2 rings (SSSR count). The zero-order valence-electron chi connectivity index (χ0n) is 27.5. The van der Waals surface area contributed by atoms with Crippen LogP contribution in [0.5, 0.6) is 0 Å². The van der Waals surface area contributed by atoms with Crippen molar-refractivity contribution in [3.05, 3.63) is 0 Å². The molecule has 2 aliphatic rings. The third kappa shape index (κ3) is 7.82. The number of ether oxygens (including phenoxy) is 4. The lowest BCUT2D eigenvalue weighted by atomic mass is 9.73. The maximum absolute atomic E-state index is 11.6. The molecule has 2 fully saturated rings. The number of hydrogen-bond donors (Lipinski definition) is 6. The fourth-order valence-corrected chi connectivity index (χ4v) is 6.97. The number of hydrogen-bond acceptors (Lipinski definition) is 12. The number of aliphatic hydroxyl groups is 5. The topological polar surface area (TPSA) is 180 Å². The van der Waals surface area contributed by atoms with Crippen molar-refractivity contribution in [1.29, 1.82) is 0 Å². The predicted octanol–water partition coefficient (Wildman–Crippen LogP) is 1.05. The van der Waals surface area contributed by atoms with Crippen molar-refractivity contribution >= 4 is 5.71 Å². The first-order valence-corrected chi connectivity index (χ1v) is 15.3. The molecule has 5 unspecified atom stereocenters. The number of aliphatic hydroxyl groups excluding tert-OH is 4. The summed E-state index contributed by atoms with van der Waals surface area (Å²) in [5, 5.41) is 60.9. The molecule has 2 aliphatic heterocycles. The quantitative estimate of drug-likeness (QED) is 0.195. The van der Waals surface area contributed by atoms with Gasteiger partial charge in [0.15, 0.2) is 12.6 Å². The summed E-state index contributed by atoms with van der Waals surface area (Å²) >= 11 is 0. The van der Waals surface area contributed by atoms with Gasteiger partial charge in [-0.1, -0.05) is 34.6 Å². The van der Waals surface area contributed by atoms with Gasteiger partial charge in [0.05, 0.1) is 36.1 Å². The molecule has 0 saturated carbocycles. The van der Waals surface area contributed by atoms with E-state index in [9.17, 15) is 25.5 Å². The van der Waals surface area contributed by atoms with E-state index in [1.165, 1.54) is 6.92 Å². The lowest BCUT2D eigenvalue weighted by Crippen LogP contribution is -2.60. The Morgan fingerprint density at radius 2 is 1.60 bits per heavy atom. The molecule has 15 atom stereocenters. The van der Waals surface area contributed by atoms with Crippen molar-refractivity contribution in [1.82, 2.24) is 4.90 Å². The van der Waals surface area contributed by atoms with Gasteiger partial charge < -0.3 is 55.2 Å². The second-order valence-electron chi connectivity index (χ2n) is 13.4. The van der Waals surface area contributed by atoms with Gasteiger partial charge in [-0.25, -0.2) is 0 Å². The van der Waals surface area contributed by atoms with Gasteiger partial charge in [0.25, 0.3) is 0 Å². The van der Waals surface area contributed by atoms with E-state index in [1.54, 1.807) is 34.8 Å². The summed E-state index contributed by atoms with van der Waals surface area (Å²) in [6.45, 7) is 14.1. The average molecular weight is 606 g/mol. The minimum Gasteiger partial charge on any atom is -0.392 e. The van der Waals surface area contributed by atoms with E-state index in [-0.39, 0.29) is 24.5 Å². The average Bonchev–Trinajstić information content (AvgIpc) is 2.93. The minimum atomic E-state index is -1.77. The first kappa shape index (κ1) is 37.3. The second-order valence-corrected chi connectivity index (χ2v) is 13.4. The molecule has 0 aromatic rings. The Hall–Kier alpha value is -0.930. The lowest BCUT2D eigenvalue weighted by Gasteiger charge is -2.48. The van der Waals surface area contributed by atoms with Crippen LogP contribution >= 0.6 is 0 Å². The van der Waals surface area contributed by atoms with Crippen LogP contribution < -0.4 is 5.84 Å². The van der Waals surface area contributed by atoms with Crippen molar-refractivity contribution in [2.45, 2.75) is 141 Å². The summed E-state index contributed by atoms with van der Waals surface area (Å²) in [5.74, 6) is 3.38. The number of hydrazone groups is 1. The number of nitrogens with two attached hydrogens (primary N) is 1. The van der Waals surface area contributed by atoms with Gasteiger partial charge in [-0.15, -0.1) is 0 Å². The van der Waals surface area contributed by atoms with Crippen LogP contribution in [0.2, 0.25) is 0 Å². The van der Waals surface area contributed by atoms with E-state index >= 15 is 0 Å². The highest BCUT2D eigenvalue weighted by molar-refractivity contribution is 5.89. The number of nitrogens with zero attached hydrogens (tertiary/aromatic N) is 2. The standard InChI is InChI=1S/C30H59N3O9/c1-12-21-30(8,38)25(36)17(4)22(32-31)15(2)14-29(7,39-11)26(18(5)23(34)19(6)27(37)41-21)42-28-24(35)20(33(9)10)13-16(3)40-28/h15-21,23-28,34-38H,12-14,31H2,1-11H3/b32-22+/t15-,16?,17+,18+,19-,20?,21-,23+,24?,25-,26-,27?,28?,29-,30-/m1/s1. The number of rotatable bonds is 5. The zero-order chi connectivity index (χ0) is 32.3. The van der Waals surface area contributed by atoms with Gasteiger partial charge >= 0.3 is 0 Å². The van der Waals surface area contributed by atoms with Crippen LogP contribution in [0.1, 0.15) is 74.7 Å². The van der Waals surface area contributed by atoms with E-state index in [2.05, 4.69) is 5.10 Å². The second kappa shape index (κ2) is 14.9. The smallest absolute Gasteiger partial charge is 0.185 e. The van der Waals surface area contributed by atoms with E-state index in [4.69, 9.17) is 24.8 Å². The van der Waals surface area contributed by atoms with E-state index in [0.29, 0.717) is 18.6 Å². The highest BCUT2D eigenvalue weighted by Gasteiger charge is 2.51. The van der Waals surface area contributed by atoms with Crippen molar-refractivity contribution in [3.63, 3.8) is 0 Å². The Labute approximate surface area is 252 Å². The molecule has 0 aliphatic carbocycles. The van der Waals surface area contributed by atoms with Gasteiger partial charge in [-0.2, -0.15) is 5.10 Å². The summed E-state index contributed by atoms with van der Waals surface area (Å²) in [6.07, 6.45) is -6.73. The number of likely N-dealkylation sites (N-methyl/N-ethyl adjacent to an activating group) is 1. The van der Waals surface area contributed by atoms with Crippen LogP contribution in [0, 0.1) is 23.7 Å². The highest BCUT2D eigenvalue weighted by atomic mass is 16.7. The van der Waals surface area contributed by atoms with Gasteiger partial charge in [0.2, 0.25) is 0 Å². The Balaban J connectivity index is 2.64. The summed E-state index contributed by atoms with van der Waals surface area (Å²) in [7, 11) is 5.33. The summed E-state index contributed by atoms with van der Waals surface area (Å²) in [6, 6.07) is -0.212. The molecule has 2 saturated heterocycles. The SMILES string of the molecule is CC[C@H]1OC(O)[C@H](C)[C@@H](O)[C@H](C)[C@@H](OC2OC(C)CC(N(C)C)C2O)[C@](C)(OC)C[C@@H](C)/C(=N\N)[C@H](C)[C@@H](O)[C@]1(C)O. The molecule has 0 bridgehead atoms. The fourth-order valence-electron chi connectivity index (χ4n) is 6.97. The Kier molecular flexibility index (Phi) is 13.2. The lowest BCUT2D eigenvalue weighted by molar-refractivity contribution is -0.304. The van der Waals surface area contributed by atoms with Crippen LogP contribution in [-0.4, -0.2) is 124 Å². The molecule has 0 aromatic carbocycles. The molecular formula is C30H59N3O9. The van der Waals surface area contributed by atoms with E-state index < -0.39 is 72.1 Å². The molecular weight excluding hydrogens is 546 g/mol. The molecule has 0 spiro atoms. The van der Waals surface area contributed by atoms with E-state index in [0.717, 1.165) is 0 Å². The van der Waals surface area contributed by atoms with E-state index in [1.807, 2.05) is 39.8 Å². The van der Waals surface area contributed by atoms with Crippen LogP contribution in [0.4, 0.5) is 0 Å². The van der Waals surface area contributed by atoms with Crippen LogP contribution in [-0.2, 0) is 18.9 Å². The Bertz CT molecular complexity index is 877. The van der Waals surface area contributed by atoms with Crippen molar-refractivity contribution in [2.75, 3.05) is 21.2 Å². The Morgan fingerprint density at radius 1 is 1.00 bits per heavy atom. The van der Waals surface area contributed by atoms with Crippen molar-refractivity contribution in [2.24, 2.45) is 34.6 Å². The maximum Gasteiger partial charge on any atom is 0.185 e. The first-order valence-electron chi connectivity index (χ1n) is 15.3. The fraction of sp³-hybridized carbons (Fsp3) is 0.967. The van der Waals surface area contributed by atoms with Gasteiger partial charge in [-0.05, 0) is 60.0 Å². The molecule has 0 aromatic heterocycles. The Morgan fingerprint density at radius 3 is 2.10 bits per heavy atom. The molecule has 248 valence electrons. The van der Waals surface area contributed by atoms with Crippen molar-refractivity contribution < 1.29 is 44.5 Å². The summed E-state index contributed by atoms with van der Waals surface area (Å²) < 4.78 is 24.7. The summed E-state index contributed by atoms with van der Waals surface area (Å²) in [4.78, 5) is 1.94. The van der Waals surface area contributed by atoms with Crippen LogP contribution in [0.3, 0.4) is 0 Å². The third-order valence-corrected chi connectivity index (χ3v) is 9.86. The monoisotopic (exact) mass is 605 g/mol. The maximum atomic E-state index is 11.6. The minimum absolute atomic E-state index is 0.191.